The summed E-state index contributed by atoms with van der Waals surface area (Å²) in [6, 6.07) is 4.80. The van der Waals surface area contributed by atoms with Gasteiger partial charge in [-0.15, -0.1) is 11.3 Å². The smallest absolute Gasteiger partial charge is 0.362 e. The van der Waals surface area contributed by atoms with Crippen LogP contribution in [0.1, 0.15) is 12.6 Å². The summed E-state index contributed by atoms with van der Waals surface area (Å²) < 4.78 is 37.8. The number of amides is 2. The van der Waals surface area contributed by atoms with Crippen LogP contribution in [0.15, 0.2) is 41.0 Å². The number of nitrogens with two attached hydrogens (primary N) is 1. The van der Waals surface area contributed by atoms with Crippen molar-refractivity contribution >= 4 is 66.9 Å². The normalized spacial score (nSPS) is 19.7. The van der Waals surface area contributed by atoms with Crippen LogP contribution in [-0.2, 0) is 29.5 Å². The number of nitrogens with zero attached hydrogens (tertiary/aromatic N) is 4. The molecule has 3 atom stereocenters. The zero-order valence-corrected chi connectivity index (χ0v) is 24.0. The maximum Gasteiger partial charge on any atom is 0.362 e. The maximum atomic E-state index is 13.0. The molecule has 0 bridgehead atoms. The van der Waals surface area contributed by atoms with Crippen LogP contribution in [0.4, 0.5) is 10.9 Å². The fraction of sp³-hybridized carbons (Fsp3) is 0.333. The highest BCUT2D eigenvalue weighted by atomic mass is 32.2. The van der Waals surface area contributed by atoms with Crippen molar-refractivity contribution in [3.8, 4) is 5.75 Å². The van der Waals surface area contributed by atoms with E-state index in [0.717, 1.165) is 35.2 Å². The van der Waals surface area contributed by atoms with Gasteiger partial charge in [-0.3, -0.25) is 14.1 Å². The van der Waals surface area contributed by atoms with Crippen LogP contribution in [0.5, 0.6) is 5.75 Å². The second kappa shape index (κ2) is 12.0. The Morgan fingerprint density at radius 2 is 2.09 bits per heavy atom. The van der Waals surface area contributed by atoms with Gasteiger partial charge in [-0.25, -0.2) is 19.1 Å². The van der Waals surface area contributed by atoms with Crippen LogP contribution < -0.4 is 26.4 Å². The van der Waals surface area contributed by atoms with Crippen molar-refractivity contribution in [2.75, 3.05) is 30.7 Å². The summed E-state index contributed by atoms with van der Waals surface area (Å²) in [5.41, 5.74) is 5.06. The Hall–Kier alpha value is -4.59. The lowest BCUT2D eigenvalue weighted by atomic mass is 10.0. The number of nitrogens with one attached hydrogen (secondary N) is 3. The van der Waals surface area contributed by atoms with E-state index < -0.39 is 58.6 Å². The van der Waals surface area contributed by atoms with Crippen LogP contribution in [-0.4, -0.2) is 99.8 Å². The van der Waals surface area contributed by atoms with Gasteiger partial charge >= 0.3 is 16.3 Å². The molecule has 1 unspecified atom stereocenters. The first-order valence-corrected chi connectivity index (χ1v) is 15.0. The minimum absolute atomic E-state index is 0.0634. The molecule has 0 spiro atoms. The molecular formula is C24H26N8O9S2. The van der Waals surface area contributed by atoms with E-state index in [1.165, 1.54) is 12.3 Å². The number of nitrogen functional groups attached to an aromatic ring is 1. The summed E-state index contributed by atoms with van der Waals surface area (Å²) in [5, 5.41) is 25.3. The van der Waals surface area contributed by atoms with E-state index in [4.69, 9.17) is 15.3 Å². The quantitative estimate of drug-likeness (QED) is 0.0632. The number of oxime groups is 1. The molecule has 0 radical (unpaired) electrons. The molecular weight excluding hydrogens is 608 g/mol. The van der Waals surface area contributed by atoms with E-state index in [1.807, 2.05) is 0 Å². The number of β-lactam (4-membered cyclic amide) rings is 1. The predicted molar refractivity (Wildman–Crippen MR) is 153 cm³/mol. The first-order chi connectivity index (χ1) is 20.4. The fourth-order valence-electron chi connectivity index (χ4n) is 4.29. The number of carboxylic acids is 1. The number of carbonyl (C=O) groups excluding carboxylic acids is 2. The van der Waals surface area contributed by atoms with E-state index in [1.54, 1.807) is 30.5 Å². The van der Waals surface area contributed by atoms with Crippen molar-refractivity contribution in [1.82, 2.24) is 24.9 Å². The number of aromatic nitrogens is 2. The van der Waals surface area contributed by atoms with Crippen molar-refractivity contribution in [3.63, 3.8) is 0 Å². The third-order valence-electron chi connectivity index (χ3n) is 6.66. The van der Waals surface area contributed by atoms with Crippen molar-refractivity contribution in [2.45, 2.75) is 31.2 Å². The Labute approximate surface area is 247 Å². The number of carbonyl (C=O) groups is 3. The van der Waals surface area contributed by atoms with Crippen LogP contribution >= 0.6 is 11.3 Å². The topological polar surface area (TPSA) is 248 Å². The highest BCUT2D eigenvalue weighted by Gasteiger charge is 2.51. The molecule has 2 amide bonds. The van der Waals surface area contributed by atoms with Crippen molar-refractivity contribution in [2.24, 2.45) is 5.16 Å². The van der Waals surface area contributed by atoms with Gasteiger partial charge < -0.3 is 36.4 Å². The number of carboxylic acid groups (broad SMARTS) is 1. The van der Waals surface area contributed by atoms with E-state index in [2.05, 4.69) is 31.1 Å². The monoisotopic (exact) mass is 634 g/mol. The Bertz CT molecular complexity index is 1710. The van der Waals surface area contributed by atoms with E-state index in [-0.39, 0.29) is 21.2 Å². The van der Waals surface area contributed by atoms with Crippen molar-refractivity contribution in [3.05, 3.63) is 41.5 Å². The number of hydrogen-bond acceptors (Lipinski definition) is 14. The van der Waals surface area contributed by atoms with Gasteiger partial charge in [0.15, 0.2) is 10.8 Å². The molecule has 228 valence electrons. The van der Waals surface area contributed by atoms with Gasteiger partial charge in [0.2, 0.25) is 0 Å². The molecule has 43 heavy (non-hydrogen) atoms. The highest BCUT2D eigenvalue weighted by molar-refractivity contribution is 7.84. The van der Waals surface area contributed by atoms with E-state index in [0.29, 0.717) is 11.6 Å². The summed E-state index contributed by atoms with van der Waals surface area (Å²) in [6.07, 6.45) is -0.0245. The Kier molecular flexibility index (Phi) is 8.31. The average Bonchev–Trinajstić information content (AvgIpc) is 3.35. The zero-order chi connectivity index (χ0) is 30.9. The summed E-state index contributed by atoms with van der Waals surface area (Å²) in [6.45, 7) is 2.46. The summed E-state index contributed by atoms with van der Waals surface area (Å²) >= 11 is 0.961. The van der Waals surface area contributed by atoms with Gasteiger partial charge in [-0.2, -0.15) is 8.42 Å². The van der Waals surface area contributed by atoms with Gasteiger partial charge in [0.25, 0.3) is 17.9 Å². The molecule has 19 heteroatoms. The van der Waals surface area contributed by atoms with Gasteiger partial charge in [-0.05, 0) is 36.6 Å². The number of aliphatic carboxylic acids is 1. The third kappa shape index (κ3) is 6.43. The van der Waals surface area contributed by atoms with Crippen molar-refractivity contribution < 1.29 is 42.0 Å². The summed E-state index contributed by atoms with van der Waals surface area (Å²) in [7, 11) is -4.82. The molecule has 0 saturated carbocycles. The van der Waals surface area contributed by atoms with Crippen LogP contribution in [0.2, 0.25) is 0 Å². The number of benzene rings is 1. The highest BCUT2D eigenvalue weighted by Crippen LogP contribution is 2.27. The first-order valence-electron chi connectivity index (χ1n) is 12.7. The molecule has 2 fully saturated rings. The lowest BCUT2D eigenvalue weighted by Crippen LogP contribution is -2.71. The number of anilines is 2. The Morgan fingerprint density at radius 1 is 1.33 bits per heavy atom. The minimum atomic E-state index is -4.82. The number of fused-ring (bicyclic) bond motifs is 1. The van der Waals surface area contributed by atoms with Crippen molar-refractivity contribution in [1.29, 1.82) is 0 Å². The number of ether oxygens (including phenoxy) is 1. The van der Waals surface area contributed by atoms with Gasteiger partial charge in [0.05, 0.1) is 12.1 Å². The molecule has 7 N–H and O–H groups in total. The molecule has 2 saturated heterocycles. The lowest BCUT2D eigenvalue weighted by Gasteiger charge is -2.42. The van der Waals surface area contributed by atoms with Gasteiger partial charge in [0, 0.05) is 30.1 Å². The Morgan fingerprint density at radius 3 is 2.70 bits per heavy atom. The maximum absolute atomic E-state index is 13.0. The largest absolute Gasteiger partial charge is 0.489 e. The molecule has 4 heterocycles. The van der Waals surface area contributed by atoms with Crippen LogP contribution in [0.25, 0.3) is 10.8 Å². The Balaban J connectivity index is 1.29. The number of thiazole rings is 1. The molecule has 3 aromatic rings. The average molecular weight is 635 g/mol. The second-order valence-corrected chi connectivity index (χ2v) is 11.8. The minimum Gasteiger partial charge on any atom is -0.489 e. The second-order valence-electron chi connectivity index (χ2n) is 9.60. The molecule has 2 aliphatic rings. The predicted octanol–water partition coefficient (Wildman–Crippen LogP) is -0.572. The van der Waals surface area contributed by atoms with Gasteiger partial charge in [-0.1, -0.05) is 5.16 Å². The molecule has 5 rings (SSSR count). The van der Waals surface area contributed by atoms with E-state index in [9.17, 15) is 32.5 Å². The molecule has 2 aliphatic heterocycles. The molecule has 17 nitrogen and oxygen atoms in total. The lowest BCUT2D eigenvalue weighted by molar-refractivity contribution is -0.152. The number of pyridine rings is 1. The fourth-order valence-corrected chi connectivity index (χ4v) is 5.72. The summed E-state index contributed by atoms with van der Waals surface area (Å²) in [4.78, 5) is 50.7. The van der Waals surface area contributed by atoms with Gasteiger partial charge in [0.1, 0.15) is 29.9 Å². The molecule has 1 aromatic carbocycles. The first kappa shape index (κ1) is 29.9. The van der Waals surface area contributed by atoms with Crippen LogP contribution in [0, 0.1) is 0 Å². The number of hydrogen-bond donors (Lipinski definition) is 6. The van der Waals surface area contributed by atoms with Crippen LogP contribution in [0.3, 0.4) is 0 Å². The standard InChI is InChI=1S/C24H26N8O9S2/c1-11-18(22(34)32(11)43(37,38)39)30-21(33)19(16-10-42-24(25)29-16)31-41-17(23(35)36)9-40-14-2-3-15-12(6-14)4-5-27-20(15)28-13-7-26-8-13/h2-6,10-11,13,17-18,26H,7-9H2,1H3,(H2,25,29)(H,27,28)(H,30,33)(H,35,36)(H,37,38,39)/b31-19-/t11-,17?,18-/m0/s1. The number of rotatable bonds is 12. The molecule has 2 aromatic heterocycles. The molecule has 0 aliphatic carbocycles. The summed E-state index contributed by atoms with van der Waals surface area (Å²) in [5.74, 6) is -2.49. The SMILES string of the molecule is C[C@H]1[C@H](NC(=O)/C(=N\OC(COc2ccc3c(NC4CNC4)nccc3c2)C(=O)O)c2csc(N)n2)C(=O)N1S(=O)(=O)O. The zero-order valence-electron chi connectivity index (χ0n) is 22.3. The third-order valence-corrected chi connectivity index (χ3v) is 8.34. The van der Waals surface area contributed by atoms with E-state index >= 15 is 0 Å².